The van der Waals surface area contributed by atoms with Gasteiger partial charge >= 0.3 is 11.9 Å². The van der Waals surface area contributed by atoms with Crippen LogP contribution in [-0.2, 0) is 14.3 Å². The van der Waals surface area contributed by atoms with Crippen molar-refractivity contribution < 1.29 is 19.1 Å². The molecule has 0 fully saturated rings. The first-order valence-electron chi connectivity index (χ1n) is 10.3. The molecule has 0 radical (unpaired) electrons. The Bertz CT molecular complexity index is 624. The van der Waals surface area contributed by atoms with E-state index in [0.29, 0.717) is 31.1 Å². The van der Waals surface area contributed by atoms with Crippen molar-refractivity contribution in [3.05, 3.63) is 27.2 Å². The van der Waals surface area contributed by atoms with E-state index in [2.05, 4.69) is 13.8 Å². The predicted molar refractivity (Wildman–Crippen MR) is 119 cm³/mol. The highest BCUT2D eigenvalue weighted by molar-refractivity contribution is 6.48. The number of carbonyl (C=O) groups is 2. The Balaban J connectivity index is 2.01. The van der Waals surface area contributed by atoms with Gasteiger partial charge in [-0.25, -0.2) is 0 Å². The highest BCUT2D eigenvalue weighted by Gasteiger charge is 2.10. The molecule has 29 heavy (non-hydrogen) atoms. The topological polar surface area (TPSA) is 52.6 Å². The highest BCUT2D eigenvalue weighted by Crippen LogP contribution is 2.34. The van der Waals surface area contributed by atoms with Gasteiger partial charge < -0.3 is 9.47 Å². The first-order valence-corrected chi connectivity index (χ1v) is 11.4. The van der Waals surface area contributed by atoms with Gasteiger partial charge in [0.25, 0.3) is 0 Å². The van der Waals surface area contributed by atoms with E-state index in [1.165, 1.54) is 12.1 Å². The van der Waals surface area contributed by atoms with Crippen LogP contribution >= 0.6 is 34.8 Å². The Hall–Kier alpha value is -0.970. The monoisotopic (exact) mass is 464 g/mol. The molecule has 1 aromatic carbocycles. The van der Waals surface area contributed by atoms with Gasteiger partial charge in [-0.3, -0.25) is 9.59 Å². The van der Waals surface area contributed by atoms with Crippen LogP contribution in [0.25, 0.3) is 0 Å². The molecule has 4 nitrogen and oxygen atoms in total. The Kier molecular flexibility index (Phi) is 13.4. The summed E-state index contributed by atoms with van der Waals surface area (Å²) in [5, 5.41) is 0.746. The molecule has 0 saturated carbocycles. The van der Waals surface area contributed by atoms with Crippen LogP contribution in [0.5, 0.6) is 5.75 Å². The molecule has 0 spiro atoms. The summed E-state index contributed by atoms with van der Waals surface area (Å²) in [5.74, 6) is 0.522. The number of unbranched alkanes of at least 4 members (excludes halogenated alkanes) is 5. The first kappa shape index (κ1) is 26.1. The summed E-state index contributed by atoms with van der Waals surface area (Å²) in [5.41, 5.74) is 0. The zero-order valence-corrected chi connectivity index (χ0v) is 19.5. The first-order chi connectivity index (χ1) is 13.8. The molecule has 0 heterocycles. The van der Waals surface area contributed by atoms with E-state index < -0.39 is 0 Å². The minimum absolute atomic E-state index is 0.0982. The molecule has 7 heteroatoms. The van der Waals surface area contributed by atoms with Crippen LogP contribution in [0.2, 0.25) is 15.1 Å². The maximum Gasteiger partial charge on any atom is 0.311 e. The second-order valence-corrected chi connectivity index (χ2v) is 8.75. The van der Waals surface area contributed by atoms with Crippen molar-refractivity contribution in [1.29, 1.82) is 0 Å². The Labute approximate surface area is 189 Å². The third-order valence-corrected chi connectivity index (χ3v) is 5.59. The van der Waals surface area contributed by atoms with Gasteiger partial charge in [-0.1, -0.05) is 74.3 Å². The van der Waals surface area contributed by atoms with Crippen LogP contribution in [0.15, 0.2) is 12.1 Å². The second-order valence-electron chi connectivity index (χ2n) is 7.55. The van der Waals surface area contributed by atoms with Crippen LogP contribution in [0.3, 0.4) is 0 Å². The smallest absolute Gasteiger partial charge is 0.311 e. The van der Waals surface area contributed by atoms with Crippen molar-refractivity contribution in [2.45, 2.75) is 78.1 Å². The number of carbonyl (C=O) groups excluding carboxylic acids is 2. The normalized spacial score (nSPS) is 11.0. The number of hydrogen-bond acceptors (Lipinski definition) is 4. The maximum absolute atomic E-state index is 11.9. The van der Waals surface area contributed by atoms with Crippen molar-refractivity contribution in [2.24, 2.45) is 5.92 Å². The van der Waals surface area contributed by atoms with E-state index in [0.717, 1.165) is 51.4 Å². The van der Waals surface area contributed by atoms with Gasteiger partial charge in [-0.2, -0.15) is 0 Å². The van der Waals surface area contributed by atoms with E-state index in [4.69, 9.17) is 44.3 Å². The van der Waals surface area contributed by atoms with Gasteiger partial charge in [0.1, 0.15) is 5.75 Å². The molecule has 164 valence electrons. The van der Waals surface area contributed by atoms with E-state index >= 15 is 0 Å². The lowest BCUT2D eigenvalue weighted by molar-refractivity contribution is -0.144. The van der Waals surface area contributed by atoms with Gasteiger partial charge in [0.05, 0.1) is 21.7 Å². The Morgan fingerprint density at radius 3 is 1.90 bits per heavy atom. The van der Waals surface area contributed by atoms with E-state index in [1.54, 1.807) is 0 Å². The minimum Gasteiger partial charge on any atom is -0.466 e. The quantitative estimate of drug-likeness (QED) is 0.122. The van der Waals surface area contributed by atoms with Gasteiger partial charge in [0.2, 0.25) is 0 Å². The fourth-order valence-corrected chi connectivity index (χ4v) is 3.35. The molecule has 0 amide bonds. The lowest BCUT2D eigenvalue weighted by Crippen LogP contribution is -2.07. The van der Waals surface area contributed by atoms with Crippen LogP contribution in [0, 0.1) is 5.92 Å². The summed E-state index contributed by atoms with van der Waals surface area (Å²) in [6.45, 7) is 4.86. The molecule has 0 aliphatic carbocycles. The zero-order valence-electron chi connectivity index (χ0n) is 17.3. The van der Waals surface area contributed by atoms with Crippen molar-refractivity contribution >= 4 is 46.7 Å². The molecule has 0 atom stereocenters. The second kappa shape index (κ2) is 14.9. The van der Waals surface area contributed by atoms with Gasteiger partial charge in [0, 0.05) is 25.0 Å². The molecule has 0 aliphatic heterocycles. The number of ether oxygens (including phenoxy) is 2. The number of rotatable bonds is 14. The van der Waals surface area contributed by atoms with E-state index in [-0.39, 0.29) is 27.0 Å². The number of halogens is 3. The summed E-state index contributed by atoms with van der Waals surface area (Å²) >= 11 is 17.7. The van der Waals surface area contributed by atoms with Crippen molar-refractivity contribution in [1.82, 2.24) is 0 Å². The highest BCUT2D eigenvalue weighted by atomic mass is 35.5. The van der Waals surface area contributed by atoms with Crippen molar-refractivity contribution in [3.63, 3.8) is 0 Å². The largest absolute Gasteiger partial charge is 0.466 e. The molecule has 1 aromatic rings. The third-order valence-electron chi connectivity index (χ3n) is 4.39. The Morgan fingerprint density at radius 1 is 0.828 bits per heavy atom. The fourth-order valence-electron chi connectivity index (χ4n) is 2.77. The van der Waals surface area contributed by atoms with Crippen LogP contribution in [-0.4, -0.2) is 18.5 Å². The summed E-state index contributed by atoms with van der Waals surface area (Å²) in [6.07, 6.45) is 8.44. The number of hydrogen-bond donors (Lipinski definition) is 0. The molecule has 0 aromatic heterocycles. The standard InChI is InChI=1S/C22H31Cl3O4/c1-16(2)10-9-13-28-20(26)11-7-5-3-4-6-8-12-21(27)29-17-14-18(23)22(25)19(24)15-17/h14-16H,3-13H2,1-2H3. The summed E-state index contributed by atoms with van der Waals surface area (Å²) in [7, 11) is 0. The molecule has 0 N–H and O–H groups in total. The van der Waals surface area contributed by atoms with E-state index in [9.17, 15) is 9.59 Å². The van der Waals surface area contributed by atoms with E-state index in [1.807, 2.05) is 0 Å². The van der Waals surface area contributed by atoms with Crippen LogP contribution in [0.1, 0.15) is 78.1 Å². The summed E-state index contributed by atoms with van der Waals surface area (Å²) in [4.78, 5) is 23.5. The number of esters is 2. The van der Waals surface area contributed by atoms with Crippen LogP contribution in [0.4, 0.5) is 0 Å². The average molecular weight is 466 g/mol. The molecular formula is C22H31Cl3O4. The minimum atomic E-state index is -0.320. The lowest BCUT2D eigenvalue weighted by atomic mass is 10.1. The van der Waals surface area contributed by atoms with Gasteiger partial charge in [-0.15, -0.1) is 0 Å². The Morgan fingerprint density at radius 2 is 1.34 bits per heavy atom. The SMILES string of the molecule is CC(C)CCCOC(=O)CCCCCCCCC(=O)Oc1cc(Cl)c(Cl)c(Cl)c1. The zero-order chi connectivity index (χ0) is 21.6. The van der Waals surface area contributed by atoms with Gasteiger partial charge in [0.15, 0.2) is 0 Å². The average Bonchev–Trinajstić information content (AvgIpc) is 2.65. The van der Waals surface area contributed by atoms with Crippen molar-refractivity contribution in [2.75, 3.05) is 6.61 Å². The lowest BCUT2D eigenvalue weighted by Gasteiger charge is -2.07. The molecular weight excluding hydrogens is 435 g/mol. The van der Waals surface area contributed by atoms with Gasteiger partial charge in [-0.05, 0) is 31.6 Å². The molecule has 1 rings (SSSR count). The molecule has 0 bridgehead atoms. The van der Waals surface area contributed by atoms with Crippen LogP contribution < -0.4 is 4.74 Å². The summed E-state index contributed by atoms with van der Waals surface area (Å²) in [6, 6.07) is 2.95. The summed E-state index contributed by atoms with van der Waals surface area (Å²) < 4.78 is 10.5. The molecule has 0 unspecified atom stereocenters. The predicted octanol–water partition coefficient (Wildman–Crippen LogP) is 7.65. The molecule has 0 aliphatic rings. The maximum atomic E-state index is 11.9. The van der Waals surface area contributed by atoms with Crippen molar-refractivity contribution in [3.8, 4) is 5.75 Å². The molecule has 0 saturated heterocycles. The third kappa shape index (κ3) is 12.3. The number of benzene rings is 1. The fraction of sp³-hybridized carbons (Fsp3) is 0.636.